The average Bonchev–Trinajstić information content (AvgIpc) is 3.49. The standard InChI is InChI=1S/C38H32N4O.Pt/c1-25(2)21-28-16-19-35-34(22-28)33-18-17-32(24-36(33)41(35)37-15-8-9-20-39-37)43-31-14-10-13-30(23-31)42-27(4)38(26(3)40-42)29-11-6-5-7-12-29;/h5-20,22,25H,21H2,1-4H3;/q-2;+2/i8D;. The Morgan fingerprint density at radius 1 is 0.864 bits per heavy atom. The van der Waals surface area contributed by atoms with E-state index in [2.05, 4.69) is 78.9 Å². The Labute approximate surface area is 273 Å². The Morgan fingerprint density at radius 2 is 1.68 bits per heavy atom. The molecule has 7 rings (SSSR count). The maximum Gasteiger partial charge on any atom is 2.00 e. The number of benzene rings is 4. The van der Waals surface area contributed by atoms with Crippen molar-refractivity contribution in [1.29, 1.82) is 0 Å². The maximum atomic E-state index is 8.23. The van der Waals surface area contributed by atoms with Gasteiger partial charge in [0.15, 0.2) is 0 Å². The summed E-state index contributed by atoms with van der Waals surface area (Å²) in [4.78, 5) is 4.62. The van der Waals surface area contributed by atoms with Crippen LogP contribution in [0.5, 0.6) is 11.5 Å². The second-order valence-electron chi connectivity index (χ2n) is 11.3. The molecular weight excluding hydrogens is 724 g/mol. The molecule has 44 heavy (non-hydrogen) atoms. The Morgan fingerprint density at radius 3 is 2.48 bits per heavy atom. The van der Waals surface area contributed by atoms with Crippen molar-refractivity contribution in [3.05, 3.63) is 132 Å². The summed E-state index contributed by atoms with van der Waals surface area (Å²) in [6.45, 7) is 8.58. The third kappa shape index (κ3) is 5.49. The van der Waals surface area contributed by atoms with Crippen LogP contribution in [-0.4, -0.2) is 19.3 Å². The van der Waals surface area contributed by atoms with E-state index in [9.17, 15) is 0 Å². The number of hydrogen-bond donors (Lipinski definition) is 0. The van der Waals surface area contributed by atoms with Gasteiger partial charge in [-0.15, -0.1) is 35.7 Å². The predicted octanol–water partition coefficient (Wildman–Crippen LogP) is 9.24. The van der Waals surface area contributed by atoms with Gasteiger partial charge in [-0.3, -0.25) is 4.68 Å². The number of hydrogen-bond acceptors (Lipinski definition) is 3. The van der Waals surface area contributed by atoms with Crippen molar-refractivity contribution in [2.24, 2.45) is 5.92 Å². The van der Waals surface area contributed by atoms with Gasteiger partial charge in [0.05, 0.1) is 7.06 Å². The summed E-state index contributed by atoms with van der Waals surface area (Å²) in [5.74, 6) is 2.37. The first kappa shape index (κ1) is 28.3. The normalized spacial score (nSPS) is 11.6. The molecule has 0 fully saturated rings. The third-order valence-corrected chi connectivity index (χ3v) is 7.73. The quantitative estimate of drug-likeness (QED) is 0.153. The summed E-state index contributed by atoms with van der Waals surface area (Å²) >= 11 is 0. The summed E-state index contributed by atoms with van der Waals surface area (Å²) in [5.41, 5.74) is 8.23. The molecule has 0 unspecified atom stereocenters. The number of pyridine rings is 1. The van der Waals surface area contributed by atoms with Gasteiger partial charge in [0.2, 0.25) is 0 Å². The van der Waals surface area contributed by atoms with Gasteiger partial charge in [0.1, 0.15) is 5.82 Å². The van der Waals surface area contributed by atoms with Gasteiger partial charge in [0.25, 0.3) is 0 Å². The SMILES string of the molecule is [2H]c1ccnc(-n2c3[c-]c(Oc4[c-]c(-n5nc(C)c(-c6ccccc6)c5C)ccc4)ccc3c3cc(CC(C)C)ccc32)c1.[Pt+2]. The van der Waals surface area contributed by atoms with Crippen molar-refractivity contribution in [1.82, 2.24) is 19.3 Å². The van der Waals surface area contributed by atoms with Crippen LogP contribution in [0.15, 0.2) is 103 Å². The molecule has 0 spiro atoms. The van der Waals surface area contributed by atoms with Crippen molar-refractivity contribution < 1.29 is 27.2 Å². The van der Waals surface area contributed by atoms with E-state index < -0.39 is 0 Å². The van der Waals surface area contributed by atoms with Crippen molar-refractivity contribution in [2.75, 3.05) is 0 Å². The Balaban J connectivity index is 0.00000357. The summed E-state index contributed by atoms with van der Waals surface area (Å²) in [7, 11) is 0. The van der Waals surface area contributed by atoms with Crippen LogP contribution in [-0.2, 0) is 27.5 Å². The number of nitrogens with zero attached hydrogens (tertiary/aromatic N) is 4. The minimum atomic E-state index is 0. The Bertz CT molecular complexity index is 2150. The second-order valence-corrected chi connectivity index (χ2v) is 11.3. The molecule has 0 bridgehead atoms. The molecule has 3 aromatic heterocycles. The zero-order valence-electron chi connectivity index (χ0n) is 26.0. The second kappa shape index (κ2) is 12.3. The van der Waals surface area contributed by atoms with Crippen LogP contribution in [0.1, 0.15) is 32.2 Å². The monoisotopic (exact) mass is 756 g/mol. The molecule has 0 atom stereocenters. The van der Waals surface area contributed by atoms with Crippen LogP contribution in [0.4, 0.5) is 0 Å². The van der Waals surface area contributed by atoms with Crippen molar-refractivity contribution in [3.63, 3.8) is 0 Å². The Hall–Kier alpha value is -4.47. The van der Waals surface area contributed by atoms with E-state index in [1.165, 1.54) is 5.56 Å². The molecule has 0 radical (unpaired) electrons. The van der Waals surface area contributed by atoms with Crippen LogP contribution in [0.2, 0.25) is 0 Å². The molecule has 5 nitrogen and oxygen atoms in total. The summed E-state index contributed by atoms with van der Waals surface area (Å²) in [6, 6.07) is 37.6. The minimum absolute atomic E-state index is 0. The third-order valence-electron chi connectivity index (χ3n) is 7.73. The first-order chi connectivity index (χ1) is 21.4. The van der Waals surface area contributed by atoms with Crippen LogP contribution >= 0.6 is 0 Å². The molecule has 0 N–H and O–H groups in total. The number of aryl methyl sites for hydroxylation is 1. The number of fused-ring (bicyclic) bond motifs is 3. The molecule has 220 valence electrons. The molecule has 0 saturated carbocycles. The number of aromatic nitrogens is 4. The van der Waals surface area contributed by atoms with Gasteiger partial charge in [-0.05, 0) is 66.6 Å². The van der Waals surface area contributed by atoms with Gasteiger partial charge >= 0.3 is 21.1 Å². The zero-order valence-corrected chi connectivity index (χ0v) is 27.3. The smallest absolute Gasteiger partial charge is 0.509 e. The molecule has 0 aliphatic carbocycles. The number of rotatable bonds is 7. The van der Waals surface area contributed by atoms with Crippen LogP contribution < -0.4 is 4.74 Å². The van der Waals surface area contributed by atoms with E-state index in [0.29, 0.717) is 29.3 Å². The van der Waals surface area contributed by atoms with Gasteiger partial charge < -0.3 is 9.30 Å². The van der Waals surface area contributed by atoms with Gasteiger partial charge in [-0.1, -0.05) is 67.9 Å². The summed E-state index contributed by atoms with van der Waals surface area (Å²) < 4.78 is 18.6. The van der Waals surface area contributed by atoms with Gasteiger partial charge in [-0.25, -0.2) is 4.98 Å². The van der Waals surface area contributed by atoms with Crippen molar-refractivity contribution in [2.45, 2.75) is 34.1 Å². The van der Waals surface area contributed by atoms with Crippen LogP contribution in [0.25, 0.3) is 44.4 Å². The molecule has 4 aromatic carbocycles. The van der Waals surface area contributed by atoms with Crippen LogP contribution in [0, 0.1) is 31.9 Å². The summed E-state index contributed by atoms with van der Waals surface area (Å²) in [6.07, 6.45) is 2.67. The number of ether oxygens (including phenoxy) is 1. The zero-order chi connectivity index (χ0) is 30.4. The summed E-state index contributed by atoms with van der Waals surface area (Å²) in [5, 5.41) is 7.03. The molecule has 7 aromatic rings. The van der Waals surface area contributed by atoms with Gasteiger partial charge in [-0.2, -0.15) is 17.2 Å². The van der Waals surface area contributed by atoms with Crippen molar-refractivity contribution >= 4 is 21.8 Å². The van der Waals surface area contributed by atoms with Crippen molar-refractivity contribution in [3.8, 4) is 34.1 Å². The van der Waals surface area contributed by atoms with E-state index >= 15 is 0 Å². The fraction of sp³-hybridized carbons (Fsp3) is 0.158. The first-order valence-electron chi connectivity index (χ1n) is 15.1. The van der Waals surface area contributed by atoms with Gasteiger partial charge in [0, 0.05) is 34.5 Å². The molecule has 0 aliphatic rings. The fourth-order valence-electron chi connectivity index (χ4n) is 5.94. The van der Waals surface area contributed by atoms with E-state index in [-0.39, 0.29) is 21.1 Å². The molecule has 0 saturated heterocycles. The maximum absolute atomic E-state index is 8.23. The first-order valence-corrected chi connectivity index (χ1v) is 14.6. The molecule has 0 amide bonds. The van der Waals surface area contributed by atoms with E-state index in [1.54, 1.807) is 18.3 Å². The molecule has 6 heteroatoms. The van der Waals surface area contributed by atoms with E-state index in [0.717, 1.165) is 56.4 Å². The largest absolute Gasteiger partial charge is 2.00 e. The fourth-order valence-corrected chi connectivity index (χ4v) is 5.94. The minimum Gasteiger partial charge on any atom is -0.509 e. The Kier molecular flexibility index (Phi) is 7.89. The predicted molar refractivity (Wildman–Crippen MR) is 173 cm³/mol. The topological polar surface area (TPSA) is 44.9 Å². The molecule has 0 aliphatic heterocycles. The van der Waals surface area contributed by atoms with E-state index in [1.807, 2.05) is 54.1 Å². The molecular formula is C38H32N4OPt. The van der Waals surface area contributed by atoms with E-state index in [4.69, 9.17) is 11.2 Å². The van der Waals surface area contributed by atoms with Crippen LogP contribution in [0.3, 0.4) is 0 Å². The molecule has 3 heterocycles. The average molecular weight is 757 g/mol.